The van der Waals surface area contributed by atoms with E-state index in [-0.39, 0.29) is 0 Å². The van der Waals surface area contributed by atoms with E-state index < -0.39 is 22.8 Å². The molecule has 0 saturated carbocycles. The van der Waals surface area contributed by atoms with Crippen LogP contribution in [0.3, 0.4) is 0 Å². The summed E-state index contributed by atoms with van der Waals surface area (Å²) in [5, 5.41) is 18.9. The fraction of sp³-hybridized carbons (Fsp3) is 0.500. The number of carboxylic acids is 2. The Bertz CT molecular complexity index is 541. The predicted molar refractivity (Wildman–Crippen MR) is 77.1 cm³/mol. The van der Waals surface area contributed by atoms with Crippen LogP contribution in [0.4, 0.5) is 0 Å². The Morgan fingerprint density at radius 3 is 1.90 bits per heavy atom. The molecule has 0 heterocycles. The van der Waals surface area contributed by atoms with Gasteiger partial charge in [-0.25, -0.2) is 0 Å². The number of rotatable bonds is 5. The van der Waals surface area contributed by atoms with Crippen LogP contribution in [0.15, 0.2) is 18.2 Å². The van der Waals surface area contributed by atoms with Crippen LogP contribution in [0, 0.1) is 0 Å². The summed E-state index contributed by atoms with van der Waals surface area (Å²) in [4.78, 5) is 23.1. The molecule has 20 heavy (non-hydrogen) atoms. The van der Waals surface area contributed by atoms with E-state index >= 15 is 0 Å². The molecule has 0 aliphatic heterocycles. The van der Waals surface area contributed by atoms with E-state index in [0.29, 0.717) is 17.5 Å². The predicted octanol–water partition coefficient (Wildman–Crippen LogP) is 2.97. The molecule has 110 valence electrons. The SMILES string of the molecule is CCc1cccc(C(C)(C)C(=O)O)c1C(C)(C)C(=O)O. The molecule has 2 N–H and O–H groups in total. The third-order valence-electron chi connectivity index (χ3n) is 3.90. The van der Waals surface area contributed by atoms with Gasteiger partial charge < -0.3 is 10.2 Å². The van der Waals surface area contributed by atoms with E-state index in [1.807, 2.05) is 13.0 Å². The molecule has 0 atom stereocenters. The second kappa shape index (κ2) is 5.27. The fourth-order valence-electron chi connectivity index (χ4n) is 2.38. The number of benzene rings is 1. The molecule has 0 unspecified atom stereocenters. The average Bonchev–Trinajstić information content (AvgIpc) is 2.37. The first-order chi connectivity index (χ1) is 9.06. The van der Waals surface area contributed by atoms with Gasteiger partial charge in [-0.15, -0.1) is 0 Å². The molecule has 4 nitrogen and oxygen atoms in total. The summed E-state index contributed by atoms with van der Waals surface area (Å²) in [5.41, 5.74) is -0.203. The molecular weight excluding hydrogens is 256 g/mol. The van der Waals surface area contributed by atoms with Crippen molar-refractivity contribution < 1.29 is 19.8 Å². The van der Waals surface area contributed by atoms with E-state index in [0.717, 1.165) is 5.56 Å². The molecule has 0 amide bonds. The molecule has 0 bridgehead atoms. The van der Waals surface area contributed by atoms with Gasteiger partial charge in [-0.3, -0.25) is 9.59 Å². The third kappa shape index (κ3) is 2.55. The van der Waals surface area contributed by atoms with Crippen molar-refractivity contribution in [3.8, 4) is 0 Å². The zero-order valence-electron chi connectivity index (χ0n) is 12.7. The van der Waals surface area contributed by atoms with Gasteiger partial charge >= 0.3 is 11.9 Å². The third-order valence-corrected chi connectivity index (χ3v) is 3.90. The van der Waals surface area contributed by atoms with Crippen molar-refractivity contribution in [2.45, 2.75) is 51.9 Å². The summed E-state index contributed by atoms with van der Waals surface area (Å²) in [6, 6.07) is 5.37. The van der Waals surface area contributed by atoms with Crippen molar-refractivity contribution in [3.05, 3.63) is 34.9 Å². The number of carboxylic acid groups (broad SMARTS) is 2. The largest absolute Gasteiger partial charge is 0.481 e. The summed E-state index contributed by atoms with van der Waals surface area (Å²) < 4.78 is 0. The van der Waals surface area contributed by atoms with Crippen LogP contribution >= 0.6 is 0 Å². The molecule has 1 aromatic carbocycles. The van der Waals surface area contributed by atoms with E-state index in [1.165, 1.54) is 0 Å². The maximum absolute atomic E-state index is 11.6. The molecule has 0 aliphatic carbocycles. The lowest BCUT2D eigenvalue weighted by molar-refractivity contribution is -0.144. The van der Waals surface area contributed by atoms with Gasteiger partial charge in [0.1, 0.15) is 0 Å². The molecule has 4 heteroatoms. The highest BCUT2D eigenvalue weighted by Crippen LogP contribution is 2.37. The van der Waals surface area contributed by atoms with Crippen molar-refractivity contribution in [2.75, 3.05) is 0 Å². The Morgan fingerprint density at radius 1 is 1.00 bits per heavy atom. The minimum absolute atomic E-state index is 0.566. The summed E-state index contributed by atoms with van der Waals surface area (Å²) in [6.45, 7) is 8.38. The lowest BCUT2D eigenvalue weighted by Crippen LogP contribution is -2.37. The molecule has 1 aromatic rings. The summed E-state index contributed by atoms with van der Waals surface area (Å²) in [7, 11) is 0. The first kappa shape index (κ1) is 16.2. The zero-order valence-corrected chi connectivity index (χ0v) is 12.7. The van der Waals surface area contributed by atoms with Crippen LogP contribution in [0.2, 0.25) is 0 Å². The van der Waals surface area contributed by atoms with Gasteiger partial charge in [-0.1, -0.05) is 25.1 Å². The van der Waals surface area contributed by atoms with Gasteiger partial charge in [0.15, 0.2) is 0 Å². The van der Waals surface area contributed by atoms with Crippen molar-refractivity contribution in [1.29, 1.82) is 0 Å². The van der Waals surface area contributed by atoms with Crippen LogP contribution in [-0.4, -0.2) is 22.2 Å². The Labute approximate surface area is 119 Å². The second-order valence-electron chi connectivity index (χ2n) is 6.05. The Kier molecular flexibility index (Phi) is 4.27. The van der Waals surface area contributed by atoms with E-state index in [4.69, 9.17) is 0 Å². The minimum atomic E-state index is -1.13. The molecule has 0 aliphatic rings. The van der Waals surface area contributed by atoms with Gasteiger partial charge in [-0.05, 0) is 50.8 Å². The fourth-order valence-corrected chi connectivity index (χ4v) is 2.38. The highest BCUT2D eigenvalue weighted by atomic mass is 16.4. The lowest BCUT2D eigenvalue weighted by Gasteiger charge is -2.31. The highest BCUT2D eigenvalue weighted by molar-refractivity contribution is 5.85. The number of carbonyl (C=O) groups is 2. The lowest BCUT2D eigenvalue weighted by atomic mass is 9.71. The minimum Gasteiger partial charge on any atom is -0.481 e. The first-order valence-corrected chi connectivity index (χ1v) is 6.66. The summed E-state index contributed by atoms with van der Waals surface area (Å²) in [6.07, 6.45) is 0.662. The number of aliphatic carboxylic acids is 2. The number of aryl methyl sites for hydroxylation is 1. The Hall–Kier alpha value is -1.84. The van der Waals surface area contributed by atoms with E-state index in [2.05, 4.69) is 0 Å². The van der Waals surface area contributed by atoms with Crippen molar-refractivity contribution in [1.82, 2.24) is 0 Å². The molecular formula is C16H22O4. The van der Waals surface area contributed by atoms with Crippen LogP contribution in [-0.2, 0) is 26.8 Å². The van der Waals surface area contributed by atoms with Crippen molar-refractivity contribution >= 4 is 11.9 Å². The topological polar surface area (TPSA) is 74.6 Å². The number of hydrogen-bond donors (Lipinski definition) is 2. The molecule has 1 rings (SSSR count). The van der Waals surface area contributed by atoms with Gasteiger partial charge in [0.25, 0.3) is 0 Å². The van der Waals surface area contributed by atoms with Gasteiger partial charge in [-0.2, -0.15) is 0 Å². The van der Waals surface area contributed by atoms with E-state index in [9.17, 15) is 19.8 Å². The Morgan fingerprint density at radius 2 is 1.50 bits per heavy atom. The van der Waals surface area contributed by atoms with Crippen LogP contribution < -0.4 is 0 Å². The Balaban J connectivity index is 3.72. The normalized spacial score (nSPS) is 12.2. The quantitative estimate of drug-likeness (QED) is 0.868. The molecule has 0 saturated heterocycles. The van der Waals surface area contributed by atoms with Crippen LogP contribution in [0.25, 0.3) is 0 Å². The molecule has 0 aromatic heterocycles. The molecule has 0 fully saturated rings. The van der Waals surface area contributed by atoms with E-state index in [1.54, 1.807) is 39.8 Å². The zero-order chi connectivity index (χ0) is 15.7. The second-order valence-corrected chi connectivity index (χ2v) is 6.05. The van der Waals surface area contributed by atoms with Crippen LogP contribution in [0.1, 0.15) is 51.3 Å². The van der Waals surface area contributed by atoms with Crippen molar-refractivity contribution in [2.24, 2.45) is 0 Å². The average molecular weight is 278 g/mol. The van der Waals surface area contributed by atoms with Crippen molar-refractivity contribution in [3.63, 3.8) is 0 Å². The monoisotopic (exact) mass is 278 g/mol. The first-order valence-electron chi connectivity index (χ1n) is 6.66. The smallest absolute Gasteiger partial charge is 0.313 e. The summed E-state index contributed by atoms with van der Waals surface area (Å²) >= 11 is 0. The molecule has 0 radical (unpaired) electrons. The standard InChI is InChI=1S/C16H22O4/c1-6-10-8-7-9-11(15(2,3)13(17)18)12(10)16(4,5)14(19)20/h7-9H,6H2,1-5H3,(H,17,18)(H,19,20). The number of hydrogen-bond acceptors (Lipinski definition) is 2. The van der Waals surface area contributed by atoms with Gasteiger partial charge in [0.05, 0.1) is 10.8 Å². The molecule has 0 spiro atoms. The van der Waals surface area contributed by atoms with Crippen LogP contribution in [0.5, 0.6) is 0 Å². The van der Waals surface area contributed by atoms with Gasteiger partial charge in [0, 0.05) is 0 Å². The van der Waals surface area contributed by atoms with Gasteiger partial charge in [0.2, 0.25) is 0 Å². The highest BCUT2D eigenvalue weighted by Gasteiger charge is 2.40. The maximum Gasteiger partial charge on any atom is 0.313 e. The maximum atomic E-state index is 11.6. The summed E-state index contributed by atoms with van der Waals surface area (Å²) in [5.74, 6) is -1.92.